The monoisotopic (exact) mass is 330 g/mol. The molecule has 0 unspecified atom stereocenters. The van der Waals surface area contributed by atoms with Crippen LogP contribution in [0.4, 0.5) is 0 Å². The molecule has 0 heterocycles. The fourth-order valence-electron chi connectivity index (χ4n) is 2.60. The Morgan fingerprint density at radius 2 is 2.00 bits per heavy atom. The van der Waals surface area contributed by atoms with Gasteiger partial charge in [-0.2, -0.15) is 0 Å². The number of benzene rings is 1. The van der Waals surface area contributed by atoms with Crippen molar-refractivity contribution >= 4 is 27.5 Å². The molecule has 0 radical (unpaired) electrons. The Labute approximate surface area is 123 Å². The van der Waals surface area contributed by atoms with E-state index in [4.69, 9.17) is 17.3 Å². The average molecular weight is 332 g/mol. The van der Waals surface area contributed by atoms with Gasteiger partial charge in [-0.15, -0.1) is 0 Å². The summed E-state index contributed by atoms with van der Waals surface area (Å²) in [5, 5.41) is 0.769. The summed E-state index contributed by atoms with van der Waals surface area (Å²) in [6.07, 6.45) is 4.73. The van der Waals surface area contributed by atoms with Gasteiger partial charge in [0, 0.05) is 23.1 Å². The lowest BCUT2D eigenvalue weighted by Gasteiger charge is -2.33. The second kappa shape index (κ2) is 6.38. The largest absolute Gasteiger partial charge is 0.328 e. The Morgan fingerprint density at radius 3 is 2.61 bits per heavy atom. The Balaban J connectivity index is 1.94. The van der Waals surface area contributed by atoms with Gasteiger partial charge in [0.2, 0.25) is 0 Å². The molecule has 0 saturated heterocycles. The molecule has 2 rings (SSSR count). The first kappa shape index (κ1) is 14.3. The summed E-state index contributed by atoms with van der Waals surface area (Å²) in [7, 11) is 2.20. The van der Waals surface area contributed by atoms with Crippen LogP contribution in [0.5, 0.6) is 0 Å². The smallest absolute Gasteiger partial charge is 0.0548 e. The Bertz CT molecular complexity index is 403. The first-order valence-corrected chi connectivity index (χ1v) is 7.63. The van der Waals surface area contributed by atoms with Gasteiger partial charge in [0.25, 0.3) is 0 Å². The van der Waals surface area contributed by atoms with E-state index in [1.807, 2.05) is 6.07 Å². The van der Waals surface area contributed by atoms with E-state index in [0.717, 1.165) is 28.9 Å². The molecular weight excluding hydrogens is 312 g/mol. The van der Waals surface area contributed by atoms with Gasteiger partial charge in [0.15, 0.2) is 0 Å². The molecule has 1 aromatic rings. The third kappa shape index (κ3) is 3.70. The molecule has 4 heteroatoms. The van der Waals surface area contributed by atoms with Gasteiger partial charge in [-0.05, 0) is 66.4 Å². The van der Waals surface area contributed by atoms with E-state index in [2.05, 4.69) is 40.0 Å². The fourth-order valence-corrected chi connectivity index (χ4v) is 3.14. The van der Waals surface area contributed by atoms with Crippen LogP contribution in [0.25, 0.3) is 0 Å². The maximum atomic E-state index is 6.01. The zero-order valence-corrected chi connectivity index (χ0v) is 13.0. The number of nitrogens with zero attached hydrogens (tertiary/aromatic N) is 1. The molecule has 0 aromatic heterocycles. The molecule has 1 saturated carbocycles. The number of rotatable bonds is 3. The number of halogens is 2. The van der Waals surface area contributed by atoms with Crippen LogP contribution >= 0.6 is 27.5 Å². The molecule has 0 spiro atoms. The average Bonchev–Trinajstić information content (AvgIpc) is 2.34. The summed E-state index contributed by atoms with van der Waals surface area (Å²) in [4.78, 5) is 2.43. The predicted molar refractivity (Wildman–Crippen MR) is 80.9 cm³/mol. The lowest BCUT2D eigenvalue weighted by molar-refractivity contribution is 0.176. The highest BCUT2D eigenvalue weighted by Gasteiger charge is 2.21. The summed E-state index contributed by atoms with van der Waals surface area (Å²) >= 11 is 9.48. The van der Waals surface area contributed by atoms with Crippen LogP contribution in [-0.4, -0.2) is 24.0 Å². The molecule has 0 aliphatic heterocycles. The van der Waals surface area contributed by atoms with Gasteiger partial charge in [0.05, 0.1) is 5.02 Å². The quantitative estimate of drug-likeness (QED) is 0.912. The van der Waals surface area contributed by atoms with Gasteiger partial charge < -0.3 is 5.73 Å². The highest BCUT2D eigenvalue weighted by atomic mass is 79.9. The number of hydrogen-bond donors (Lipinski definition) is 1. The van der Waals surface area contributed by atoms with Crippen LogP contribution in [0.2, 0.25) is 5.02 Å². The van der Waals surface area contributed by atoms with Crippen LogP contribution in [0.3, 0.4) is 0 Å². The third-order valence-corrected chi connectivity index (χ3v) is 4.99. The molecule has 0 amide bonds. The van der Waals surface area contributed by atoms with E-state index < -0.39 is 0 Å². The molecule has 1 fully saturated rings. The Hall–Kier alpha value is -0.0900. The summed E-state index contributed by atoms with van der Waals surface area (Å²) in [5.41, 5.74) is 7.24. The third-order valence-electron chi connectivity index (χ3n) is 3.78. The lowest BCUT2D eigenvalue weighted by Crippen LogP contribution is -2.38. The molecule has 0 atom stereocenters. The fraction of sp³-hybridized carbons (Fsp3) is 0.571. The van der Waals surface area contributed by atoms with Crippen molar-refractivity contribution in [3.05, 3.63) is 33.3 Å². The highest BCUT2D eigenvalue weighted by Crippen LogP contribution is 2.26. The van der Waals surface area contributed by atoms with Crippen LogP contribution in [0, 0.1) is 0 Å². The van der Waals surface area contributed by atoms with Crippen LogP contribution in [0.1, 0.15) is 31.2 Å². The summed E-state index contributed by atoms with van der Waals surface area (Å²) < 4.78 is 0.973. The molecule has 0 bridgehead atoms. The van der Waals surface area contributed by atoms with Crippen LogP contribution in [-0.2, 0) is 6.54 Å². The standard InChI is InChI=1S/C14H20BrClN2/c1-18(12-5-3-11(17)4-6-12)9-10-2-7-14(16)13(15)8-10/h2,7-8,11-12H,3-6,9,17H2,1H3. The minimum Gasteiger partial charge on any atom is -0.328 e. The van der Waals surface area contributed by atoms with Gasteiger partial charge in [-0.3, -0.25) is 4.90 Å². The SMILES string of the molecule is CN(Cc1ccc(Cl)c(Br)c1)C1CCC(N)CC1. The van der Waals surface area contributed by atoms with Crippen molar-refractivity contribution in [2.75, 3.05) is 7.05 Å². The summed E-state index contributed by atoms with van der Waals surface area (Å²) in [5.74, 6) is 0. The van der Waals surface area contributed by atoms with Crippen LogP contribution < -0.4 is 5.73 Å². The van der Waals surface area contributed by atoms with Crippen molar-refractivity contribution in [2.24, 2.45) is 5.73 Å². The van der Waals surface area contributed by atoms with E-state index in [-0.39, 0.29) is 0 Å². The maximum absolute atomic E-state index is 6.01. The maximum Gasteiger partial charge on any atom is 0.0548 e. The minimum atomic E-state index is 0.416. The Kier molecular flexibility index (Phi) is 5.07. The second-order valence-corrected chi connectivity index (χ2v) is 6.49. The normalized spacial score (nSPS) is 24.5. The molecule has 1 aliphatic rings. The van der Waals surface area contributed by atoms with Crippen molar-refractivity contribution in [1.82, 2.24) is 4.90 Å². The van der Waals surface area contributed by atoms with Crippen molar-refractivity contribution in [2.45, 2.75) is 44.3 Å². The molecular formula is C14H20BrClN2. The van der Waals surface area contributed by atoms with Crippen LogP contribution in [0.15, 0.2) is 22.7 Å². The minimum absolute atomic E-state index is 0.416. The molecule has 100 valence electrons. The van der Waals surface area contributed by atoms with E-state index in [1.165, 1.54) is 18.4 Å². The van der Waals surface area contributed by atoms with Gasteiger partial charge in [-0.25, -0.2) is 0 Å². The molecule has 2 nitrogen and oxygen atoms in total. The molecule has 1 aromatic carbocycles. The first-order chi connectivity index (χ1) is 8.56. The van der Waals surface area contributed by atoms with E-state index in [0.29, 0.717) is 12.1 Å². The summed E-state index contributed by atoms with van der Waals surface area (Å²) in [6.45, 7) is 0.968. The van der Waals surface area contributed by atoms with Crippen molar-refractivity contribution in [3.63, 3.8) is 0 Å². The molecule has 1 aliphatic carbocycles. The van der Waals surface area contributed by atoms with Crippen molar-refractivity contribution < 1.29 is 0 Å². The van der Waals surface area contributed by atoms with E-state index in [9.17, 15) is 0 Å². The molecule has 2 N–H and O–H groups in total. The topological polar surface area (TPSA) is 29.3 Å². The number of hydrogen-bond acceptors (Lipinski definition) is 2. The summed E-state index contributed by atoms with van der Waals surface area (Å²) in [6, 6.07) is 7.23. The van der Waals surface area contributed by atoms with Gasteiger partial charge in [0.1, 0.15) is 0 Å². The van der Waals surface area contributed by atoms with E-state index >= 15 is 0 Å². The lowest BCUT2D eigenvalue weighted by atomic mass is 9.91. The Morgan fingerprint density at radius 1 is 1.33 bits per heavy atom. The highest BCUT2D eigenvalue weighted by molar-refractivity contribution is 9.10. The van der Waals surface area contributed by atoms with Gasteiger partial charge >= 0.3 is 0 Å². The molecule has 18 heavy (non-hydrogen) atoms. The van der Waals surface area contributed by atoms with Crippen molar-refractivity contribution in [1.29, 1.82) is 0 Å². The second-order valence-electron chi connectivity index (χ2n) is 5.23. The predicted octanol–water partition coefficient (Wildman–Crippen LogP) is 3.80. The van der Waals surface area contributed by atoms with E-state index in [1.54, 1.807) is 0 Å². The number of nitrogens with two attached hydrogens (primary N) is 1. The van der Waals surface area contributed by atoms with Gasteiger partial charge in [-0.1, -0.05) is 17.7 Å². The zero-order chi connectivity index (χ0) is 13.1. The first-order valence-electron chi connectivity index (χ1n) is 6.46. The zero-order valence-electron chi connectivity index (χ0n) is 10.7. The van der Waals surface area contributed by atoms with Crippen molar-refractivity contribution in [3.8, 4) is 0 Å².